The maximum Gasteiger partial charge on any atom is 0.119 e. The maximum atomic E-state index is 5.58. The van der Waals surface area contributed by atoms with E-state index in [-0.39, 0.29) is 0 Å². The fourth-order valence-electron chi connectivity index (χ4n) is 1.25. The number of hydrogen-bond donors (Lipinski definition) is 1. The highest BCUT2D eigenvalue weighted by Crippen LogP contribution is 2.11. The van der Waals surface area contributed by atoms with Crippen LogP contribution < -0.4 is 10.1 Å². The summed E-state index contributed by atoms with van der Waals surface area (Å²) in [5.41, 5.74) is 2.37. The van der Waals surface area contributed by atoms with Crippen molar-refractivity contribution in [3.8, 4) is 5.75 Å². The summed E-state index contributed by atoms with van der Waals surface area (Å²) in [5, 5.41) is 3.25. The van der Waals surface area contributed by atoms with Gasteiger partial charge in [0, 0.05) is 13.1 Å². The summed E-state index contributed by atoms with van der Waals surface area (Å²) in [6.07, 6.45) is 0. The predicted molar refractivity (Wildman–Crippen MR) is 64.4 cm³/mol. The molecule has 0 aliphatic rings. The first-order valence-electron chi connectivity index (χ1n) is 5.23. The highest BCUT2D eigenvalue weighted by Gasteiger charge is 1.93. The van der Waals surface area contributed by atoms with Crippen LogP contribution in [0.5, 0.6) is 5.75 Å². The third-order valence-electron chi connectivity index (χ3n) is 1.96. The molecule has 2 nitrogen and oxygen atoms in total. The molecule has 1 N–H and O–H groups in total. The monoisotopic (exact) mass is 205 g/mol. The van der Waals surface area contributed by atoms with Gasteiger partial charge in [0.1, 0.15) is 12.4 Å². The largest absolute Gasteiger partial charge is 0.492 e. The smallest absolute Gasteiger partial charge is 0.119 e. The summed E-state index contributed by atoms with van der Waals surface area (Å²) in [5.74, 6) is 0.937. The Labute approximate surface area is 92.0 Å². The minimum atomic E-state index is 0.691. The Hall–Kier alpha value is -1.28. The molecular weight excluding hydrogens is 186 g/mol. The fraction of sp³-hybridized carbons (Fsp3) is 0.385. The molecule has 0 bridgehead atoms. The van der Waals surface area contributed by atoms with Crippen LogP contribution in [-0.2, 0) is 0 Å². The maximum absolute atomic E-state index is 5.58. The van der Waals surface area contributed by atoms with Crippen LogP contribution in [0.25, 0.3) is 0 Å². The number of nitrogens with one attached hydrogen (secondary N) is 1. The quantitative estimate of drug-likeness (QED) is 0.569. The van der Waals surface area contributed by atoms with Crippen LogP contribution in [0.15, 0.2) is 36.4 Å². The normalized spacial score (nSPS) is 10.0. The third kappa shape index (κ3) is 5.23. The van der Waals surface area contributed by atoms with Gasteiger partial charge >= 0.3 is 0 Å². The summed E-state index contributed by atoms with van der Waals surface area (Å²) in [6.45, 7) is 10.3. The van der Waals surface area contributed by atoms with E-state index in [4.69, 9.17) is 4.74 Å². The first-order chi connectivity index (χ1) is 7.18. The summed E-state index contributed by atoms with van der Waals surface area (Å²) < 4.78 is 5.58. The average molecular weight is 205 g/mol. The van der Waals surface area contributed by atoms with Gasteiger partial charge in [-0.2, -0.15) is 0 Å². The topological polar surface area (TPSA) is 21.3 Å². The number of hydrogen-bond acceptors (Lipinski definition) is 2. The van der Waals surface area contributed by atoms with Crippen LogP contribution in [0, 0.1) is 6.92 Å². The molecule has 1 aromatic carbocycles. The summed E-state index contributed by atoms with van der Waals surface area (Å²) in [4.78, 5) is 0. The van der Waals surface area contributed by atoms with Gasteiger partial charge in [0.25, 0.3) is 0 Å². The molecule has 15 heavy (non-hydrogen) atoms. The van der Waals surface area contributed by atoms with E-state index >= 15 is 0 Å². The van der Waals surface area contributed by atoms with E-state index < -0.39 is 0 Å². The number of ether oxygens (including phenoxy) is 1. The summed E-state index contributed by atoms with van der Waals surface area (Å²) >= 11 is 0. The zero-order chi connectivity index (χ0) is 11.1. The van der Waals surface area contributed by atoms with Crippen molar-refractivity contribution in [1.29, 1.82) is 0 Å². The SMILES string of the molecule is C=C(C)CNCCOc1cccc(C)c1. The molecule has 0 fully saturated rings. The first kappa shape index (κ1) is 11.8. The lowest BCUT2D eigenvalue weighted by atomic mass is 10.2. The van der Waals surface area contributed by atoms with E-state index in [9.17, 15) is 0 Å². The van der Waals surface area contributed by atoms with Crippen LogP contribution in [0.4, 0.5) is 0 Å². The van der Waals surface area contributed by atoms with E-state index in [0.29, 0.717) is 6.61 Å². The Morgan fingerprint density at radius 3 is 2.93 bits per heavy atom. The summed E-state index contributed by atoms with van der Waals surface area (Å²) in [6, 6.07) is 8.09. The molecule has 0 spiro atoms. The second kappa shape index (κ2) is 6.25. The number of aryl methyl sites for hydroxylation is 1. The van der Waals surface area contributed by atoms with Gasteiger partial charge in [0.15, 0.2) is 0 Å². The number of benzene rings is 1. The van der Waals surface area contributed by atoms with E-state index in [0.717, 1.165) is 24.4 Å². The van der Waals surface area contributed by atoms with Gasteiger partial charge in [-0.15, -0.1) is 0 Å². The van der Waals surface area contributed by atoms with Crippen molar-refractivity contribution in [1.82, 2.24) is 5.32 Å². The first-order valence-corrected chi connectivity index (χ1v) is 5.23. The molecule has 1 aromatic rings. The molecule has 0 heterocycles. The molecule has 2 heteroatoms. The van der Waals surface area contributed by atoms with Crippen LogP contribution in [0.2, 0.25) is 0 Å². The fourth-order valence-corrected chi connectivity index (χ4v) is 1.25. The highest BCUT2D eigenvalue weighted by atomic mass is 16.5. The van der Waals surface area contributed by atoms with Crippen molar-refractivity contribution in [3.63, 3.8) is 0 Å². The van der Waals surface area contributed by atoms with Crippen LogP contribution in [-0.4, -0.2) is 19.7 Å². The lowest BCUT2D eigenvalue weighted by molar-refractivity contribution is 0.316. The van der Waals surface area contributed by atoms with Gasteiger partial charge in [0.05, 0.1) is 0 Å². The van der Waals surface area contributed by atoms with Gasteiger partial charge in [-0.1, -0.05) is 24.3 Å². The predicted octanol–water partition coefficient (Wildman–Crippen LogP) is 2.54. The van der Waals surface area contributed by atoms with Gasteiger partial charge in [-0.3, -0.25) is 0 Å². The van der Waals surface area contributed by atoms with Gasteiger partial charge in [0.2, 0.25) is 0 Å². The molecule has 0 radical (unpaired) electrons. The second-order valence-corrected chi connectivity index (χ2v) is 3.80. The average Bonchev–Trinajstić information content (AvgIpc) is 2.17. The Balaban J connectivity index is 2.17. The molecule has 82 valence electrons. The molecule has 0 unspecified atom stereocenters. The molecule has 0 amide bonds. The molecule has 0 saturated carbocycles. The molecule has 0 saturated heterocycles. The van der Waals surface area contributed by atoms with Crippen LogP contribution >= 0.6 is 0 Å². The minimum absolute atomic E-state index is 0.691. The van der Waals surface area contributed by atoms with Crippen molar-refractivity contribution in [2.75, 3.05) is 19.7 Å². The van der Waals surface area contributed by atoms with Crippen LogP contribution in [0.3, 0.4) is 0 Å². The Bertz CT molecular complexity index is 320. The van der Waals surface area contributed by atoms with Crippen molar-refractivity contribution in [3.05, 3.63) is 42.0 Å². The Kier molecular flexibility index (Phi) is 4.91. The van der Waals surface area contributed by atoms with E-state index in [1.54, 1.807) is 0 Å². The molecule has 0 aromatic heterocycles. The Morgan fingerprint density at radius 2 is 2.27 bits per heavy atom. The molecule has 0 aliphatic carbocycles. The van der Waals surface area contributed by atoms with Crippen LogP contribution in [0.1, 0.15) is 12.5 Å². The Morgan fingerprint density at radius 1 is 1.47 bits per heavy atom. The van der Waals surface area contributed by atoms with Gasteiger partial charge < -0.3 is 10.1 Å². The van der Waals surface area contributed by atoms with E-state index in [1.165, 1.54) is 5.56 Å². The van der Waals surface area contributed by atoms with Crippen molar-refractivity contribution >= 4 is 0 Å². The zero-order valence-electron chi connectivity index (χ0n) is 9.55. The highest BCUT2D eigenvalue weighted by molar-refractivity contribution is 5.27. The van der Waals surface area contributed by atoms with Gasteiger partial charge in [-0.25, -0.2) is 0 Å². The standard InChI is InChI=1S/C13H19NO/c1-11(2)10-14-7-8-15-13-6-4-5-12(3)9-13/h4-6,9,14H,1,7-8,10H2,2-3H3. The van der Waals surface area contributed by atoms with Crippen molar-refractivity contribution < 1.29 is 4.74 Å². The number of rotatable bonds is 6. The van der Waals surface area contributed by atoms with Crippen molar-refractivity contribution in [2.24, 2.45) is 0 Å². The zero-order valence-corrected chi connectivity index (χ0v) is 9.55. The molecule has 0 aliphatic heterocycles. The molecule has 1 rings (SSSR count). The second-order valence-electron chi connectivity index (χ2n) is 3.80. The molecular formula is C13H19NO. The van der Waals surface area contributed by atoms with Crippen molar-refractivity contribution in [2.45, 2.75) is 13.8 Å². The van der Waals surface area contributed by atoms with E-state index in [2.05, 4.69) is 24.9 Å². The lowest BCUT2D eigenvalue weighted by Crippen LogP contribution is -2.22. The molecule has 0 atom stereocenters. The third-order valence-corrected chi connectivity index (χ3v) is 1.96. The lowest BCUT2D eigenvalue weighted by Gasteiger charge is -2.07. The van der Waals surface area contributed by atoms with E-state index in [1.807, 2.05) is 25.1 Å². The minimum Gasteiger partial charge on any atom is -0.492 e. The van der Waals surface area contributed by atoms with Gasteiger partial charge in [-0.05, 0) is 31.5 Å². The summed E-state index contributed by atoms with van der Waals surface area (Å²) in [7, 11) is 0.